The molecule has 4 nitrogen and oxygen atoms in total. The van der Waals surface area contributed by atoms with Gasteiger partial charge in [0.25, 0.3) is 0 Å². The zero-order valence-electron chi connectivity index (χ0n) is 13.1. The molecule has 0 bridgehead atoms. The predicted molar refractivity (Wildman–Crippen MR) is 81.4 cm³/mol. The topological polar surface area (TPSA) is 52.6 Å². The molecule has 0 heterocycles. The van der Waals surface area contributed by atoms with Crippen LogP contribution in [0.1, 0.15) is 60.7 Å². The number of hydrogen-bond acceptors (Lipinski definition) is 4. The predicted octanol–water partition coefficient (Wildman–Crippen LogP) is 3.85. The number of ether oxygens (including phenoxy) is 2. The van der Waals surface area contributed by atoms with Crippen LogP contribution in [0.25, 0.3) is 0 Å². The van der Waals surface area contributed by atoms with Crippen LogP contribution in [0.2, 0.25) is 0 Å². The minimum atomic E-state index is -0.480. The molecule has 0 saturated heterocycles. The fourth-order valence-corrected chi connectivity index (χ4v) is 1.85. The van der Waals surface area contributed by atoms with Gasteiger partial charge in [0.1, 0.15) is 0 Å². The molecule has 0 atom stereocenters. The van der Waals surface area contributed by atoms with Crippen molar-refractivity contribution in [3.8, 4) is 0 Å². The van der Waals surface area contributed by atoms with Gasteiger partial charge in [-0.15, -0.1) is 0 Å². The van der Waals surface area contributed by atoms with Crippen LogP contribution in [0.15, 0.2) is 24.3 Å². The zero-order valence-corrected chi connectivity index (χ0v) is 13.1. The maximum absolute atomic E-state index is 12.1. The first kappa shape index (κ1) is 17.2. The van der Waals surface area contributed by atoms with Gasteiger partial charge in [0.2, 0.25) is 0 Å². The Bertz CT molecular complexity index is 466. The molecule has 0 amide bonds. The summed E-state index contributed by atoms with van der Waals surface area (Å²) >= 11 is 0. The first-order chi connectivity index (χ1) is 10.1. The summed E-state index contributed by atoms with van der Waals surface area (Å²) in [5.41, 5.74) is 0.531. The Labute approximate surface area is 126 Å². The van der Waals surface area contributed by atoms with E-state index in [0.29, 0.717) is 19.1 Å². The van der Waals surface area contributed by atoms with E-state index in [4.69, 9.17) is 9.47 Å². The lowest BCUT2D eigenvalue weighted by atomic mass is 10.1. The van der Waals surface area contributed by atoms with Crippen molar-refractivity contribution in [3.05, 3.63) is 35.4 Å². The highest BCUT2D eigenvalue weighted by Gasteiger charge is 2.18. The molecule has 0 aliphatic heterocycles. The monoisotopic (exact) mass is 292 g/mol. The van der Waals surface area contributed by atoms with Gasteiger partial charge in [-0.3, -0.25) is 0 Å². The zero-order chi connectivity index (χ0) is 15.7. The van der Waals surface area contributed by atoms with Gasteiger partial charge in [0.15, 0.2) is 0 Å². The van der Waals surface area contributed by atoms with Crippen LogP contribution in [0.4, 0.5) is 0 Å². The molecule has 1 rings (SSSR count). The standard InChI is InChI=1S/C17H24O4/c1-4-11-20-16(18)14-9-5-6-10-15(14)17(19)21-12-7-8-13(2)3/h5-6,9-10,13H,4,7-8,11-12H2,1-3H3. The van der Waals surface area contributed by atoms with E-state index in [2.05, 4.69) is 13.8 Å². The molecule has 0 aromatic heterocycles. The summed E-state index contributed by atoms with van der Waals surface area (Å²) < 4.78 is 10.3. The van der Waals surface area contributed by atoms with Gasteiger partial charge in [-0.25, -0.2) is 9.59 Å². The van der Waals surface area contributed by atoms with E-state index >= 15 is 0 Å². The fraction of sp³-hybridized carbons (Fsp3) is 0.529. The van der Waals surface area contributed by atoms with E-state index in [1.807, 2.05) is 6.92 Å². The number of esters is 2. The molecule has 0 saturated carbocycles. The SMILES string of the molecule is CCCOC(=O)c1ccccc1C(=O)OCCCC(C)C. The van der Waals surface area contributed by atoms with E-state index in [9.17, 15) is 9.59 Å². The minimum absolute atomic E-state index is 0.264. The van der Waals surface area contributed by atoms with Crippen molar-refractivity contribution in [2.24, 2.45) is 5.92 Å². The summed E-state index contributed by atoms with van der Waals surface area (Å²) in [6, 6.07) is 6.59. The maximum atomic E-state index is 12.1. The second-order valence-electron chi connectivity index (χ2n) is 5.35. The Morgan fingerprint density at radius 2 is 1.52 bits per heavy atom. The Balaban J connectivity index is 2.64. The molecule has 21 heavy (non-hydrogen) atoms. The molecule has 116 valence electrons. The number of benzene rings is 1. The highest BCUT2D eigenvalue weighted by Crippen LogP contribution is 2.13. The molecule has 4 heteroatoms. The summed E-state index contributed by atoms with van der Waals surface area (Å²) in [7, 11) is 0. The molecule has 0 radical (unpaired) electrons. The third-order valence-corrected chi connectivity index (χ3v) is 2.96. The van der Waals surface area contributed by atoms with E-state index in [1.54, 1.807) is 24.3 Å². The Hall–Kier alpha value is -1.84. The van der Waals surface area contributed by atoms with Crippen molar-refractivity contribution in [2.75, 3.05) is 13.2 Å². The quantitative estimate of drug-likeness (QED) is 0.539. The molecule has 1 aromatic rings. The van der Waals surface area contributed by atoms with Gasteiger partial charge in [0.05, 0.1) is 24.3 Å². The van der Waals surface area contributed by atoms with E-state index in [0.717, 1.165) is 19.3 Å². The van der Waals surface area contributed by atoms with E-state index in [1.165, 1.54) is 0 Å². The summed E-state index contributed by atoms with van der Waals surface area (Å²) in [6.45, 7) is 6.88. The average Bonchev–Trinajstić information content (AvgIpc) is 2.48. The van der Waals surface area contributed by atoms with Crippen molar-refractivity contribution in [1.82, 2.24) is 0 Å². The highest BCUT2D eigenvalue weighted by molar-refractivity contribution is 6.03. The van der Waals surface area contributed by atoms with Crippen LogP contribution in [0.5, 0.6) is 0 Å². The van der Waals surface area contributed by atoms with Crippen molar-refractivity contribution in [2.45, 2.75) is 40.0 Å². The van der Waals surface area contributed by atoms with Crippen LogP contribution in [0.3, 0.4) is 0 Å². The van der Waals surface area contributed by atoms with Crippen LogP contribution >= 0.6 is 0 Å². The van der Waals surface area contributed by atoms with Gasteiger partial charge >= 0.3 is 11.9 Å². The van der Waals surface area contributed by atoms with Gasteiger partial charge in [-0.1, -0.05) is 32.9 Å². The van der Waals surface area contributed by atoms with Crippen molar-refractivity contribution < 1.29 is 19.1 Å². The summed E-state index contributed by atoms with van der Waals surface area (Å²) in [4.78, 5) is 24.0. The van der Waals surface area contributed by atoms with Crippen LogP contribution in [0, 0.1) is 5.92 Å². The molecular formula is C17H24O4. The molecule has 0 aliphatic rings. The second-order valence-corrected chi connectivity index (χ2v) is 5.35. The minimum Gasteiger partial charge on any atom is -0.462 e. The number of rotatable bonds is 8. The lowest BCUT2D eigenvalue weighted by molar-refractivity contribution is 0.0452. The molecule has 0 spiro atoms. The van der Waals surface area contributed by atoms with Crippen LogP contribution < -0.4 is 0 Å². The third-order valence-electron chi connectivity index (χ3n) is 2.96. The van der Waals surface area contributed by atoms with Crippen molar-refractivity contribution >= 4 is 11.9 Å². The van der Waals surface area contributed by atoms with Gasteiger partial charge in [-0.05, 0) is 37.3 Å². The molecule has 0 unspecified atom stereocenters. The van der Waals surface area contributed by atoms with Gasteiger partial charge in [0, 0.05) is 0 Å². The summed E-state index contributed by atoms with van der Waals surface area (Å²) in [5, 5.41) is 0. The lowest BCUT2D eigenvalue weighted by Gasteiger charge is -2.10. The largest absolute Gasteiger partial charge is 0.462 e. The first-order valence-electron chi connectivity index (χ1n) is 7.49. The van der Waals surface area contributed by atoms with E-state index < -0.39 is 11.9 Å². The third kappa shape index (κ3) is 5.98. The van der Waals surface area contributed by atoms with E-state index in [-0.39, 0.29) is 11.1 Å². The van der Waals surface area contributed by atoms with Gasteiger partial charge in [-0.2, -0.15) is 0 Å². The molecule has 1 aromatic carbocycles. The fourth-order valence-electron chi connectivity index (χ4n) is 1.85. The number of carbonyl (C=O) groups is 2. The Morgan fingerprint density at radius 3 is 2.00 bits per heavy atom. The highest BCUT2D eigenvalue weighted by atomic mass is 16.5. The number of hydrogen-bond donors (Lipinski definition) is 0. The maximum Gasteiger partial charge on any atom is 0.339 e. The van der Waals surface area contributed by atoms with Crippen LogP contribution in [-0.2, 0) is 9.47 Å². The average molecular weight is 292 g/mol. The van der Waals surface area contributed by atoms with Crippen molar-refractivity contribution in [1.29, 1.82) is 0 Å². The summed E-state index contributed by atoms with van der Waals surface area (Å²) in [6.07, 6.45) is 2.58. The molecule has 0 fully saturated rings. The smallest absolute Gasteiger partial charge is 0.339 e. The molecular weight excluding hydrogens is 268 g/mol. The van der Waals surface area contributed by atoms with Crippen LogP contribution in [-0.4, -0.2) is 25.2 Å². The Morgan fingerprint density at radius 1 is 1.00 bits per heavy atom. The normalized spacial score (nSPS) is 10.5. The first-order valence-corrected chi connectivity index (χ1v) is 7.49. The summed E-state index contributed by atoms with van der Waals surface area (Å²) in [5.74, 6) is -0.366. The van der Waals surface area contributed by atoms with Crippen molar-refractivity contribution in [3.63, 3.8) is 0 Å². The molecule has 0 N–H and O–H groups in total. The number of carbonyl (C=O) groups excluding carboxylic acids is 2. The second kappa shape index (κ2) is 9.16. The van der Waals surface area contributed by atoms with Gasteiger partial charge < -0.3 is 9.47 Å². The lowest BCUT2D eigenvalue weighted by Crippen LogP contribution is -2.15. The Kier molecular flexibility index (Phi) is 7.51. The molecule has 0 aliphatic carbocycles.